The van der Waals surface area contributed by atoms with Crippen LogP contribution in [-0.2, 0) is 17.8 Å². The highest BCUT2D eigenvalue weighted by molar-refractivity contribution is 5.92. The summed E-state index contributed by atoms with van der Waals surface area (Å²) in [5, 5.41) is 2.95. The third kappa shape index (κ3) is 4.54. The summed E-state index contributed by atoms with van der Waals surface area (Å²) in [7, 11) is 0. The van der Waals surface area contributed by atoms with Crippen molar-refractivity contribution in [3.8, 4) is 0 Å². The average Bonchev–Trinajstić information content (AvgIpc) is 2.64. The fourth-order valence-electron chi connectivity index (χ4n) is 2.73. The number of nitrogens with one attached hydrogen (secondary N) is 1. The van der Waals surface area contributed by atoms with Crippen molar-refractivity contribution < 1.29 is 14.2 Å². The number of nitrogens with zero attached hydrogens (tertiary/aromatic N) is 1. The number of amides is 2. The Hall–Kier alpha value is -3.47. The maximum atomic E-state index is 12.4. The molecule has 1 aromatic heterocycles. The van der Waals surface area contributed by atoms with Gasteiger partial charge in [0.15, 0.2) is 12.4 Å². The topological polar surface area (TPSA) is 76.1 Å². The lowest BCUT2D eigenvalue weighted by Crippen LogP contribution is -2.40. The van der Waals surface area contributed by atoms with Crippen LogP contribution in [0.1, 0.15) is 21.5 Å². The molecule has 0 unspecified atom stereocenters. The van der Waals surface area contributed by atoms with Crippen LogP contribution >= 0.6 is 0 Å². The molecule has 0 atom stereocenters. The van der Waals surface area contributed by atoms with Gasteiger partial charge in [-0.25, -0.2) is 0 Å². The molecule has 0 aliphatic heterocycles. The van der Waals surface area contributed by atoms with Gasteiger partial charge in [-0.1, -0.05) is 48.5 Å². The zero-order valence-corrected chi connectivity index (χ0v) is 14.3. The number of anilines is 1. The second-order valence-electron chi connectivity index (χ2n) is 6.00. The minimum absolute atomic E-state index is 0.0980. The van der Waals surface area contributed by atoms with Gasteiger partial charge in [0.05, 0.1) is 0 Å². The van der Waals surface area contributed by atoms with Crippen molar-refractivity contribution in [1.82, 2.24) is 0 Å². The van der Waals surface area contributed by atoms with Gasteiger partial charge in [0.1, 0.15) is 5.56 Å². The van der Waals surface area contributed by atoms with E-state index in [4.69, 9.17) is 5.73 Å². The largest absolute Gasteiger partial charge is 0.365 e. The number of hydrogen-bond donors (Lipinski definition) is 2. The molecule has 0 aliphatic rings. The van der Waals surface area contributed by atoms with E-state index in [1.807, 2.05) is 42.5 Å². The number of carbonyl (C=O) groups is 2. The molecule has 0 spiro atoms. The molecule has 0 radical (unpaired) electrons. The Balaban J connectivity index is 1.72. The van der Waals surface area contributed by atoms with E-state index in [-0.39, 0.29) is 12.5 Å². The number of hydrogen-bond acceptors (Lipinski definition) is 2. The van der Waals surface area contributed by atoms with Gasteiger partial charge < -0.3 is 11.1 Å². The van der Waals surface area contributed by atoms with E-state index in [9.17, 15) is 9.59 Å². The van der Waals surface area contributed by atoms with Gasteiger partial charge in [0.25, 0.3) is 11.8 Å². The molecular weight excluding hydrogens is 326 g/mol. The third-order valence-corrected chi connectivity index (χ3v) is 4.00. The van der Waals surface area contributed by atoms with E-state index in [0.717, 1.165) is 17.7 Å². The number of nitrogens with two attached hydrogens (primary N) is 1. The highest BCUT2D eigenvalue weighted by atomic mass is 16.2. The Morgan fingerprint density at radius 2 is 1.65 bits per heavy atom. The van der Waals surface area contributed by atoms with E-state index in [1.54, 1.807) is 29.1 Å². The van der Waals surface area contributed by atoms with E-state index in [1.165, 1.54) is 5.56 Å². The van der Waals surface area contributed by atoms with E-state index < -0.39 is 5.91 Å². The second kappa shape index (κ2) is 8.07. The predicted octanol–water partition coefficient (Wildman–Crippen LogP) is 2.30. The highest BCUT2D eigenvalue weighted by Crippen LogP contribution is 2.19. The fourth-order valence-corrected chi connectivity index (χ4v) is 2.73. The molecule has 3 rings (SSSR count). The molecule has 130 valence electrons. The monoisotopic (exact) mass is 346 g/mol. The van der Waals surface area contributed by atoms with Crippen LogP contribution in [0.3, 0.4) is 0 Å². The Bertz CT molecular complexity index is 923. The van der Waals surface area contributed by atoms with Crippen LogP contribution in [0.15, 0.2) is 79.1 Å². The number of carbonyl (C=O) groups excluding carboxylic acids is 2. The molecule has 5 heteroatoms. The minimum atomic E-state index is -0.520. The number of rotatable bonds is 6. The van der Waals surface area contributed by atoms with E-state index in [0.29, 0.717) is 5.56 Å². The predicted molar refractivity (Wildman–Crippen MR) is 99.5 cm³/mol. The Kier molecular flexibility index (Phi) is 5.39. The van der Waals surface area contributed by atoms with Crippen molar-refractivity contribution in [2.24, 2.45) is 5.73 Å². The SMILES string of the molecule is NC(=O)c1ccc[n+](CC(=O)Nc2ccccc2Cc2ccccc2)c1. The first-order valence-electron chi connectivity index (χ1n) is 8.32. The summed E-state index contributed by atoms with van der Waals surface area (Å²) < 4.78 is 1.63. The van der Waals surface area contributed by atoms with Crippen LogP contribution in [0.5, 0.6) is 0 Å². The molecule has 3 aromatic rings. The zero-order chi connectivity index (χ0) is 18.4. The molecule has 2 aromatic carbocycles. The molecule has 1 heterocycles. The minimum Gasteiger partial charge on any atom is -0.365 e. The maximum Gasteiger partial charge on any atom is 0.290 e. The Morgan fingerprint density at radius 3 is 2.42 bits per heavy atom. The summed E-state index contributed by atoms with van der Waals surface area (Å²) >= 11 is 0. The van der Waals surface area contributed by atoms with Crippen molar-refractivity contribution >= 4 is 17.5 Å². The third-order valence-electron chi connectivity index (χ3n) is 4.00. The van der Waals surface area contributed by atoms with Gasteiger partial charge in [0.2, 0.25) is 6.54 Å². The fraction of sp³-hybridized carbons (Fsp3) is 0.0952. The standard InChI is InChI=1S/C21H19N3O2/c22-21(26)18-10-6-12-24(14-18)15-20(25)23-19-11-5-4-9-17(19)13-16-7-2-1-3-8-16/h1-12,14H,13,15H2,(H2-,22,23,25,26)/p+1. The van der Waals surface area contributed by atoms with Crippen molar-refractivity contribution in [3.05, 3.63) is 95.8 Å². The quantitative estimate of drug-likeness (QED) is 0.672. The summed E-state index contributed by atoms with van der Waals surface area (Å²) in [6.07, 6.45) is 4.03. The van der Waals surface area contributed by atoms with E-state index >= 15 is 0 Å². The van der Waals surface area contributed by atoms with Crippen molar-refractivity contribution in [1.29, 1.82) is 0 Å². The molecule has 3 N–H and O–H groups in total. The molecule has 0 saturated heterocycles. The number of aromatic nitrogens is 1. The summed E-state index contributed by atoms with van der Waals surface area (Å²) in [4.78, 5) is 23.7. The molecule has 0 bridgehead atoms. The number of benzene rings is 2. The van der Waals surface area contributed by atoms with Crippen molar-refractivity contribution in [2.75, 3.05) is 5.32 Å². The van der Waals surface area contributed by atoms with Gasteiger partial charge in [0, 0.05) is 11.8 Å². The molecule has 0 aliphatic carbocycles. The summed E-state index contributed by atoms with van der Waals surface area (Å²) in [5.74, 6) is -0.690. The summed E-state index contributed by atoms with van der Waals surface area (Å²) in [5.41, 5.74) is 8.65. The first-order chi connectivity index (χ1) is 12.6. The van der Waals surface area contributed by atoms with Gasteiger partial charge in [-0.2, -0.15) is 4.57 Å². The first-order valence-corrected chi connectivity index (χ1v) is 8.32. The average molecular weight is 346 g/mol. The van der Waals surface area contributed by atoms with Crippen LogP contribution in [0, 0.1) is 0 Å². The molecule has 0 fully saturated rings. The molecule has 2 amide bonds. The Morgan fingerprint density at radius 1 is 0.923 bits per heavy atom. The smallest absolute Gasteiger partial charge is 0.290 e. The van der Waals surface area contributed by atoms with Crippen molar-refractivity contribution in [2.45, 2.75) is 13.0 Å². The van der Waals surface area contributed by atoms with Crippen LogP contribution in [-0.4, -0.2) is 11.8 Å². The molecule has 5 nitrogen and oxygen atoms in total. The lowest BCUT2D eigenvalue weighted by Gasteiger charge is -2.10. The maximum absolute atomic E-state index is 12.4. The number of primary amides is 1. The zero-order valence-electron chi connectivity index (χ0n) is 14.3. The van der Waals surface area contributed by atoms with E-state index in [2.05, 4.69) is 17.4 Å². The van der Waals surface area contributed by atoms with Gasteiger partial charge in [-0.05, 0) is 29.7 Å². The van der Waals surface area contributed by atoms with Crippen LogP contribution in [0.4, 0.5) is 5.69 Å². The van der Waals surface area contributed by atoms with Gasteiger partial charge >= 0.3 is 0 Å². The molecule has 26 heavy (non-hydrogen) atoms. The lowest BCUT2D eigenvalue weighted by atomic mass is 10.0. The second-order valence-corrected chi connectivity index (χ2v) is 6.00. The number of para-hydroxylation sites is 1. The van der Waals surface area contributed by atoms with Crippen LogP contribution in [0.25, 0.3) is 0 Å². The summed E-state index contributed by atoms with van der Waals surface area (Å²) in [6.45, 7) is 0.0980. The van der Waals surface area contributed by atoms with Gasteiger partial charge in [-0.3, -0.25) is 9.59 Å². The van der Waals surface area contributed by atoms with Crippen molar-refractivity contribution in [3.63, 3.8) is 0 Å². The Labute approximate surface area is 152 Å². The highest BCUT2D eigenvalue weighted by Gasteiger charge is 2.13. The van der Waals surface area contributed by atoms with Gasteiger partial charge in [-0.15, -0.1) is 0 Å². The van der Waals surface area contributed by atoms with Crippen LogP contribution in [0.2, 0.25) is 0 Å². The first kappa shape index (κ1) is 17.4. The molecule has 0 saturated carbocycles. The lowest BCUT2D eigenvalue weighted by molar-refractivity contribution is -0.684. The molecular formula is C21H20N3O2+. The normalized spacial score (nSPS) is 10.3. The van der Waals surface area contributed by atoms with Crippen LogP contribution < -0.4 is 15.6 Å². The summed E-state index contributed by atoms with van der Waals surface area (Å²) in [6, 6.07) is 21.1. The number of pyridine rings is 1.